The highest BCUT2D eigenvalue weighted by atomic mass is 15.5. The third kappa shape index (κ3) is 7.47. The van der Waals surface area contributed by atoms with Gasteiger partial charge in [0.15, 0.2) is 0 Å². The van der Waals surface area contributed by atoms with Crippen LogP contribution in [-0.2, 0) is 5.41 Å². The summed E-state index contributed by atoms with van der Waals surface area (Å²) in [5.74, 6) is 7.52. The fourth-order valence-corrected chi connectivity index (χ4v) is 7.39. The molecule has 0 aliphatic heterocycles. The van der Waals surface area contributed by atoms with Gasteiger partial charge >= 0.3 is 0 Å². The van der Waals surface area contributed by atoms with Gasteiger partial charge in [-0.3, -0.25) is 0 Å². The Kier molecular flexibility index (Phi) is 10.6. The van der Waals surface area contributed by atoms with Gasteiger partial charge in [-0.1, -0.05) is 100 Å². The minimum Gasteiger partial charge on any atom is -0.378 e. The molecule has 1 aliphatic carbocycles. The van der Waals surface area contributed by atoms with E-state index >= 15 is 0 Å². The minimum absolute atomic E-state index is 0.0695. The Morgan fingerprint density at radius 3 is 1.90 bits per heavy atom. The summed E-state index contributed by atoms with van der Waals surface area (Å²) >= 11 is 0. The first-order chi connectivity index (χ1) is 23.8. The van der Waals surface area contributed by atoms with E-state index in [0.717, 1.165) is 46.6 Å². The number of fused-ring (bicyclic) bond motifs is 3. The molecule has 0 bridgehead atoms. The monoisotopic (exact) mass is 650 g/mol. The van der Waals surface area contributed by atoms with E-state index in [1.54, 1.807) is 4.68 Å². The van der Waals surface area contributed by atoms with Crippen LogP contribution in [-0.4, -0.2) is 39.1 Å². The molecular formula is C43H50N6. The Bertz CT molecular complexity index is 1920. The molecule has 0 fully saturated rings. The summed E-state index contributed by atoms with van der Waals surface area (Å²) in [7, 11) is 4.13. The van der Waals surface area contributed by atoms with Gasteiger partial charge in [0, 0.05) is 53.3 Å². The first-order valence-electron chi connectivity index (χ1n) is 18.2. The van der Waals surface area contributed by atoms with Gasteiger partial charge in [0.25, 0.3) is 5.95 Å². The van der Waals surface area contributed by atoms with E-state index < -0.39 is 0 Å². The lowest BCUT2D eigenvalue weighted by Gasteiger charge is -2.33. The van der Waals surface area contributed by atoms with Crippen molar-refractivity contribution in [3.05, 3.63) is 107 Å². The van der Waals surface area contributed by atoms with Crippen LogP contribution in [0.15, 0.2) is 72.9 Å². The molecule has 6 heteroatoms. The second-order valence-corrected chi connectivity index (χ2v) is 13.9. The predicted octanol–water partition coefficient (Wildman–Crippen LogP) is 10.0. The van der Waals surface area contributed by atoms with Crippen LogP contribution in [0.2, 0.25) is 0 Å². The van der Waals surface area contributed by atoms with Crippen molar-refractivity contribution in [2.24, 2.45) is 0 Å². The average Bonchev–Trinajstić information content (AvgIpc) is 3.69. The van der Waals surface area contributed by atoms with Crippen LogP contribution in [0.3, 0.4) is 0 Å². The van der Waals surface area contributed by atoms with Crippen LogP contribution in [0, 0.1) is 25.7 Å². The molecule has 3 aromatic carbocycles. The molecule has 0 saturated carbocycles. The van der Waals surface area contributed by atoms with E-state index in [9.17, 15) is 0 Å². The average molecular weight is 651 g/mol. The van der Waals surface area contributed by atoms with Crippen molar-refractivity contribution in [2.45, 2.75) is 97.3 Å². The summed E-state index contributed by atoms with van der Waals surface area (Å²) in [6, 6.07) is 24.3. The number of nitrogens with zero attached hydrogens (tertiary/aromatic N) is 6. The topological polar surface area (TPSA) is 59.7 Å². The summed E-state index contributed by atoms with van der Waals surface area (Å²) in [4.78, 5) is 11.3. The molecule has 0 saturated heterocycles. The maximum absolute atomic E-state index is 4.61. The Balaban J connectivity index is 1.41. The normalized spacial score (nSPS) is 12.7. The highest BCUT2D eigenvalue weighted by molar-refractivity contribution is 5.84. The quantitative estimate of drug-likeness (QED) is 0.0938. The molecule has 1 aliphatic rings. The van der Waals surface area contributed by atoms with Gasteiger partial charge in [0.05, 0.1) is 6.20 Å². The van der Waals surface area contributed by atoms with E-state index in [2.05, 4.69) is 126 Å². The summed E-state index contributed by atoms with van der Waals surface area (Å²) in [5, 5.41) is 9.06. The maximum Gasteiger partial charge on any atom is 0.252 e. The number of anilines is 1. The molecule has 0 unspecified atom stereocenters. The van der Waals surface area contributed by atoms with Gasteiger partial charge in [0.1, 0.15) is 5.69 Å². The molecule has 49 heavy (non-hydrogen) atoms. The van der Waals surface area contributed by atoms with Gasteiger partial charge in [-0.25, -0.2) is 9.97 Å². The molecule has 6 nitrogen and oxygen atoms in total. The third-order valence-corrected chi connectivity index (χ3v) is 9.97. The molecule has 0 amide bonds. The maximum atomic E-state index is 4.61. The van der Waals surface area contributed by atoms with Crippen molar-refractivity contribution in [3.8, 4) is 40.2 Å². The molecule has 0 atom stereocenters. The largest absolute Gasteiger partial charge is 0.378 e. The molecule has 0 N–H and O–H groups in total. The Morgan fingerprint density at radius 2 is 1.27 bits per heavy atom. The molecule has 2 aromatic heterocycles. The van der Waals surface area contributed by atoms with Gasteiger partial charge in [-0.15, -0.1) is 5.10 Å². The number of aromatic nitrogens is 5. The van der Waals surface area contributed by atoms with E-state index in [0.29, 0.717) is 5.95 Å². The van der Waals surface area contributed by atoms with Crippen LogP contribution in [0.25, 0.3) is 28.3 Å². The van der Waals surface area contributed by atoms with Crippen LogP contribution in [0.1, 0.15) is 112 Å². The van der Waals surface area contributed by atoms with Crippen LogP contribution < -0.4 is 4.90 Å². The van der Waals surface area contributed by atoms with E-state index in [-0.39, 0.29) is 5.41 Å². The van der Waals surface area contributed by atoms with Gasteiger partial charge in [0.2, 0.25) is 0 Å². The fourth-order valence-electron chi connectivity index (χ4n) is 7.39. The zero-order valence-electron chi connectivity index (χ0n) is 30.2. The molecule has 0 radical (unpaired) electrons. The highest BCUT2D eigenvalue weighted by Crippen LogP contribution is 2.55. The number of unbranched alkanes of at least 4 members (excludes halogenated alkanes) is 6. The second-order valence-electron chi connectivity index (χ2n) is 13.9. The van der Waals surface area contributed by atoms with E-state index in [4.69, 9.17) is 0 Å². The van der Waals surface area contributed by atoms with Crippen molar-refractivity contribution < 1.29 is 0 Å². The number of benzene rings is 3. The van der Waals surface area contributed by atoms with Gasteiger partial charge in [-0.2, -0.15) is 4.68 Å². The number of hydrogen-bond acceptors (Lipinski definition) is 5. The lowest BCUT2D eigenvalue weighted by Crippen LogP contribution is -2.25. The fraction of sp³-hybridized carbons (Fsp3) is 0.395. The van der Waals surface area contributed by atoms with Crippen molar-refractivity contribution in [3.63, 3.8) is 0 Å². The summed E-state index contributed by atoms with van der Waals surface area (Å²) < 4.78 is 1.69. The second kappa shape index (κ2) is 15.2. The summed E-state index contributed by atoms with van der Waals surface area (Å²) in [6.45, 7) is 8.55. The van der Waals surface area contributed by atoms with Crippen LogP contribution >= 0.6 is 0 Å². The zero-order chi connectivity index (χ0) is 34.4. The van der Waals surface area contributed by atoms with Crippen molar-refractivity contribution >= 4 is 5.69 Å². The first-order valence-corrected chi connectivity index (χ1v) is 18.2. The Morgan fingerprint density at radius 1 is 0.673 bits per heavy atom. The van der Waals surface area contributed by atoms with Gasteiger partial charge in [-0.05, 0) is 97.5 Å². The van der Waals surface area contributed by atoms with Gasteiger partial charge < -0.3 is 4.90 Å². The Labute approximate surface area is 293 Å². The SMILES string of the molecule is CCCCCCC1(CCCCCC)c2cc(C#Cc3ccc(N(C)C)cc3)ccc2-c2ccc(-c3cn(-c4nc(C)cc(C)n4)nn3)cc21. The minimum atomic E-state index is -0.0695. The number of aryl methyl sites for hydroxylation is 2. The van der Waals surface area contributed by atoms with E-state index in [1.807, 2.05) is 26.1 Å². The van der Waals surface area contributed by atoms with E-state index in [1.165, 1.54) is 79.3 Å². The van der Waals surface area contributed by atoms with Crippen LogP contribution in [0.4, 0.5) is 5.69 Å². The molecule has 2 heterocycles. The number of rotatable bonds is 13. The molecule has 252 valence electrons. The van der Waals surface area contributed by atoms with Crippen molar-refractivity contribution in [2.75, 3.05) is 19.0 Å². The lowest BCUT2D eigenvalue weighted by molar-refractivity contribution is 0.401. The predicted molar refractivity (Wildman–Crippen MR) is 202 cm³/mol. The van der Waals surface area contributed by atoms with Crippen molar-refractivity contribution in [1.29, 1.82) is 0 Å². The third-order valence-electron chi connectivity index (χ3n) is 9.97. The number of hydrogen-bond donors (Lipinski definition) is 0. The first kappa shape index (κ1) is 34.1. The molecule has 0 spiro atoms. The summed E-state index contributed by atoms with van der Waals surface area (Å²) in [6.07, 6.45) is 14.2. The smallest absolute Gasteiger partial charge is 0.252 e. The molecular weight excluding hydrogens is 601 g/mol. The molecule has 6 rings (SSSR count). The zero-order valence-corrected chi connectivity index (χ0v) is 30.2. The summed E-state index contributed by atoms with van der Waals surface area (Å²) in [5.41, 5.74) is 12.5. The van der Waals surface area contributed by atoms with Crippen molar-refractivity contribution in [1.82, 2.24) is 25.0 Å². The Hall–Kier alpha value is -4.76. The standard InChI is InChI=1S/C43H50N6/c1-7-9-11-13-25-43(26-14-12-10-8-2)39-28-34(16-15-33-17-21-36(22-18-33)48(5)6)19-23-37(39)38-24-20-35(29-40(38)43)41-30-49(47-46-41)42-44-31(3)27-32(4)45-42/h17-24,27-30H,7-14,25-26H2,1-6H3. The highest BCUT2D eigenvalue weighted by Gasteiger charge is 2.42. The lowest BCUT2D eigenvalue weighted by atomic mass is 9.70. The van der Waals surface area contributed by atoms with Crippen LogP contribution in [0.5, 0.6) is 0 Å². The molecule has 5 aromatic rings.